The first-order valence-corrected chi connectivity index (χ1v) is 3.38. The lowest BCUT2D eigenvalue weighted by atomic mass is 10.3. The molecule has 0 aliphatic carbocycles. The summed E-state index contributed by atoms with van der Waals surface area (Å²) < 4.78 is 14.4. The molecular weight excluding hydrogens is 119 g/mol. The van der Waals surface area contributed by atoms with Crippen LogP contribution >= 0.6 is 0 Å². The first-order valence-electron chi connectivity index (χ1n) is 3.38. The number of methoxy groups -OCH3 is 1. The average molecular weight is 136 g/mol. The molecule has 0 aromatic heterocycles. The largest absolute Gasteiger partial charge is 0.354 e. The third kappa shape index (κ3) is 32.8. The Bertz CT molecular complexity index is 28.1. The van der Waals surface area contributed by atoms with Crippen molar-refractivity contribution in [2.75, 3.05) is 14.0 Å². The molecule has 0 atom stereocenters. The molecule has 0 saturated carbocycles. The SMILES string of the molecule is CCCCC.COCF. The van der Waals surface area contributed by atoms with Crippen LogP contribution in [0.1, 0.15) is 33.1 Å². The highest BCUT2D eigenvalue weighted by Crippen LogP contribution is 1.88. The van der Waals surface area contributed by atoms with Gasteiger partial charge in [0.15, 0.2) is 6.86 Å². The molecular formula is C7H17FO. The number of hydrogen-bond donors (Lipinski definition) is 0. The van der Waals surface area contributed by atoms with E-state index in [1.54, 1.807) is 0 Å². The molecule has 0 aliphatic rings. The van der Waals surface area contributed by atoms with Crippen molar-refractivity contribution in [2.45, 2.75) is 33.1 Å². The maximum Gasteiger partial charge on any atom is 0.187 e. The Morgan fingerprint density at radius 3 is 1.56 bits per heavy atom. The Kier molecular flexibility index (Phi) is 20.3. The second-order valence-electron chi connectivity index (χ2n) is 1.75. The van der Waals surface area contributed by atoms with Crippen LogP contribution in [-0.2, 0) is 4.74 Å². The third-order valence-corrected chi connectivity index (χ3v) is 0.816. The lowest BCUT2D eigenvalue weighted by molar-refractivity contribution is 0.104. The van der Waals surface area contributed by atoms with Crippen molar-refractivity contribution in [3.05, 3.63) is 0 Å². The molecule has 0 fully saturated rings. The molecule has 58 valence electrons. The highest BCUT2D eigenvalue weighted by Gasteiger charge is 1.68. The number of ether oxygens (including phenoxy) is 1. The number of hydrogen-bond acceptors (Lipinski definition) is 1. The molecule has 0 N–H and O–H groups in total. The molecule has 1 nitrogen and oxygen atoms in total. The standard InChI is InChI=1S/C5H12.C2H5FO/c1-3-5-4-2;1-4-2-3/h3-5H2,1-2H3;2H2,1H3. The molecule has 0 aromatic rings. The lowest BCUT2D eigenvalue weighted by Gasteiger charge is -1.79. The van der Waals surface area contributed by atoms with E-state index in [2.05, 4.69) is 18.6 Å². The zero-order chi connectivity index (χ0) is 7.54. The van der Waals surface area contributed by atoms with E-state index in [1.165, 1.54) is 26.4 Å². The average Bonchev–Trinajstić information content (AvgIpc) is 1.91. The molecule has 0 radical (unpaired) electrons. The summed E-state index contributed by atoms with van der Waals surface area (Å²) in [5, 5.41) is 0. The van der Waals surface area contributed by atoms with E-state index in [4.69, 9.17) is 0 Å². The maximum absolute atomic E-state index is 10.5. The maximum atomic E-state index is 10.5. The van der Waals surface area contributed by atoms with Gasteiger partial charge in [0.25, 0.3) is 0 Å². The summed E-state index contributed by atoms with van der Waals surface area (Å²) in [6, 6.07) is 0. The fourth-order valence-electron chi connectivity index (χ4n) is 0.354. The van der Waals surface area contributed by atoms with Crippen LogP contribution in [0.3, 0.4) is 0 Å². The molecule has 0 heterocycles. The third-order valence-electron chi connectivity index (χ3n) is 0.816. The minimum Gasteiger partial charge on any atom is -0.354 e. The summed E-state index contributed by atoms with van der Waals surface area (Å²) in [5.41, 5.74) is 0. The van der Waals surface area contributed by atoms with Crippen LogP contribution in [-0.4, -0.2) is 14.0 Å². The van der Waals surface area contributed by atoms with E-state index in [1.807, 2.05) is 0 Å². The number of halogens is 1. The van der Waals surface area contributed by atoms with Gasteiger partial charge in [-0.1, -0.05) is 33.1 Å². The van der Waals surface area contributed by atoms with E-state index in [0.29, 0.717) is 0 Å². The fraction of sp³-hybridized carbons (Fsp3) is 1.00. The quantitative estimate of drug-likeness (QED) is 0.579. The Morgan fingerprint density at radius 2 is 1.56 bits per heavy atom. The van der Waals surface area contributed by atoms with Gasteiger partial charge in [-0.05, 0) is 0 Å². The van der Waals surface area contributed by atoms with E-state index >= 15 is 0 Å². The Morgan fingerprint density at radius 1 is 1.22 bits per heavy atom. The van der Waals surface area contributed by atoms with Gasteiger partial charge in [-0.15, -0.1) is 0 Å². The Balaban J connectivity index is 0. The second-order valence-corrected chi connectivity index (χ2v) is 1.75. The van der Waals surface area contributed by atoms with Crippen LogP contribution in [0.5, 0.6) is 0 Å². The summed E-state index contributed by atoms with van der Waals surface area (Å²) in [4.78, 5) is 0. The Labute approximate surface area is 57.2 Å². The van der Waals surface area contributed by atoms with Crippen molar-refractivity contribution < 1.29 is 9.13 Å². The minimum absolute atomic E-state index is 0.681. The summed E-state index contributed by atoms with van der Waals surface area (Å²) in [7, 11) is 1.31. The van der Waals surface area contributed by atoms with Crippen molar-refractivity contribution in [2.24, 2.45) is 0 Å². The second kappa shape index (κ2) is 15.7. The first-order chi connectivity index (χ1) is 4.33. The monoisotopic (exact) mass is 136 g/mol. The normalized spacial score (nSPS) is 8.00. The molecule has 2 heteroatoms. The molecule has 0 bridgehead atoms. The number of rotatable bonds is 3. The predicted octanol–water partition coefficient (Wildman–Crippen LogP) is 2.76. The summed E-state index contributed by atoms with van der Waals surface area (Å²) >= 11 is 0. The van der Waals surface area contributed by atoms with Gasteiger partial charge in [0.2, 0.25) is 0 Å². The lowest BCUT2D eigenvalue weighted by Crippen LogP contribution is -1.70. The highest BCUT2D eigenvalue weighted by molar-refractivity contribution is 4.24. The molecule has 0 amide bonds. The molecule has 0 unspecified atom stereocenters. The number of alkyl halides is 1. The van der Waals surface area contributed by atoms with E-state index < -0.39 is 6.86 Å². The molecule has 0 saturated heterocycles. The smallest absolute Gasteiger partial charge is 0.187 e. The zero-order valence-electron chi connectivity index (χ0n) is 6.61. The minimum atomic E-state index is -0.681. The zero-order valence-corrected chi connectivity index (χ0v) is 6.61. The van der Waals surface area contributed by atoms with Crippen molar-refractivity contribution in [1.29, 1.82) is 0 Å². The van der Waals surface area contributed by atoms with Gasteiger partial charge < -0.3 is 4.74 Å². The van der Waals surface area contributed by atoms with Gasteiger partial charge in [-0.3, -0.25) is 0 Å². The fourth-order valence-corrected chi connectivity index (χ4v) is 0.354. The van der Waals surface area contributed by atoms with Crippen molar-refractivity contribution in [1.82, 2.24) is 0 Å². The first kappa shape index (κ1) is 11.7. The number of unbranched alkanes of at least 4 members (excludes halogenated alkanes) is 2. The topological polar surface area (TPSA) is 9.23 Å². The van der Waals surface area contributed by atoms with Crippen molar-refractivity contribution in [3.63, 3.8) is 0 Å². The van der Waals surface area contributed by atoms with Crippen LogP contribution in [0.4, 0.5) is 4.39 Å². The van der Waals surface area contributed by atoms with Crippen LogP contribution in [0, 0.1) is 0 Å². The van der Waals surface area contributed by atoms with Crippen LogP contribution in [0.25, 0.3) is 0 Å². The van der Waals surface area contributed by atoms with Gasteiger partial charge in [0, 0.05) is 7.11 Å². The molecule has 0 aromatic carbocycles. The molecule has 0 aliphatic heterocycles. The Hall–Kier alpha value is -0.110. The van der Waals surface area contributed by atoms with Gasteiger partial charge in [-0.2, -0.15) is 0 Å². The van der Waals surface area contributed by atoms with E-state index in [0.717, 1.165) is 0 Å². The summed E-state index contributed by atoms with van der Waals surface area (Å²) in [5.74, 6) is 0. The van der Waals surface area contributed by atoms with Gasteiger partial charge >= 0.3 is 0 Å². The highest BCUT2D eigenvalue weighted by atomic mass is 19.1. The van der Waals surface area contributed by atoms with E-state index in [9.17, 15) is 4.39 Å². The van der Waals surface area contributed by atoms with Crippen LogP contribution in [0.15, 0.2) is 0 Å². The molecule has 9 heavy (non-hydrogen) atoms. The predicted molar refractivity (Wildman–Crippen MR) is 38.2 cm³/mol. The van der Waals surface area contributed by atoms with Crippen LogP contribution < -0.4 is 0 Å². The molecule has 0 spiro atoms. The van der Waals surface area contributed by atoms with Gasteiger partial charge in [0.05, 0.1) is 0 Å². The van der Waals surface area contributed by atoms with Gasteiger partial charge in [0.1, 0.15) is 0 Å². The van der Waals surface area contributed by atoms with Crippen molar-refractivity contribution in [3.8, 4) is 0 Å². The summed E-state index contributed by atoms with van der Waals surface area (Å²) in [6.07, 6.45) is 4.08. The van der Waals surface area contributed by atoms with Gasteiger partial charge in [-0.25, -0.2) is 4.39 Å². The summed E-state index contributed by atoms with van der Waals surface area (Å²) in [6.45, 7) is 3.74. The van der Waals surface area contributed by atoms with E-state index in [-0.39, 0.29) is 0 Å². The van der Waals surface area contributed by atoms with Crippen molar-refractivity contribution >= 4 is 0 Å². The molecule has 0 rings (SSSR count). The van der Waals surface area contributed by atoms with Crippen LogP contribution in [0.2, 0.25) is 0 Å².